The highest BCUT2D eigenvalue weighted by atomic mass is 16.4. The summed E-state index contributed by atoms with van der Waals surface area (Å²) in [5, 5.41) is 11.2. The van der Waals surface area contributed by atoms with Crippen molar-refractivity contribution in [3.63, 3.8) is 0 Å². The molecule has 0 spiro atoms. The van der Waals surface area contributed by atoms with Crippen molar-refractivity contribution in [2.24, 2.45) is 5.73 Å². The molecule has 0 aliphatic carbocycles. The van der Waals surface area contributed by atoms with Crippen LogP contribution in [0.3, 0.4) is 0 Å². The highest BCUT2D eigenvalue weighted by Gasteiger charge is 2.14. The number of nitrogens with one attached hydrogen (secondary N) is 1. The number of likely N-dealkylation sites (N-methyl/N-ethyl adjacent to an activating group) is 1. The molecule has 4 N–H and O–H groups in total. The number of carboxylic acid groups (broad SMARTS) is 1. The van der Waals surface area contributed by atoms with E-state index in [0.717, 1.165) is 6.54 Å². The molecule has 1 amide bonds. The lowest BCUT2D eigenvalue weighted by molar-refractivity contribution is -0.137. The summed E-state index contributed by atoms with van der Waals surface area (Å²) in [6.45, 7) is 5.41. The van der Waals surface area contributed by atoms with Crippen LogP contribution in [0.25, 0.3) is 0 Å². The van der Waals surface area contributed by atoms with E-state index in [9.17, 15) is 9.59 Å². The fourth-order valence-electron chi connectivity index (χ4n) is 1.15. The van der Waals surface area contributed by atoms with Crippen LogP contribution in [-0.2, 0) is 9.59 Å². The Morgan fingerprint density at radius 3 is 2.47 bits per heavy atom. The highest BCUT2D eigenvalue weighted by molar-refractivity contribution is 5.82. The van der Waals surface area contributed by atoms with Crippen molar-refractivity contribution in [2.75, 3.05) is 20.1 Å². The Labute approximate surface area is 102 Å². The standard InChI is InChI=1S/C11H23N3O3/c1-8(2)14(3)7-6-13-11(17)9(12)4-5-10(15)16/h8-9H,4-7,12H2,1-3H3,(H,13,17)(H,15,16). The number of carbonyl (C=O) groups excluding carboxylic acids is 1. The largest absolute Gasteiger partial charge is 0.481 e. The van der Waals surface area contributed by atoms with Crippen LogP contribution in [0.5, 0.6) is 0 Å². The van der Waals surface area contributed by atoms with Gasteiger partial charge in [-0.2, -0.15) is 0 Å². The van der Waals surface area contributed by atoms with E-state index in [4.69, 9.17) is 10.8 Å². The van der Waals surface area contributed by atoms with Crippen molar-refractivity contribution >= 4 is 11.9 Å². The SMILES string of the molecule is CC(C)N(C)CCNC(=O)C(N)CCC(=O)O. The van der Waals surface area contributed by atoms with Gasteiger partial charge in [0, 0.05) is 25.6 Å². The summed E-state index contributed by atoms with van der Waals surface area (Å²) in [6, 6.07) is -0.317. The second-order valence-electron chi connectivity index (χ2n) is 4.40. The monoisotopic (exact) mass is 245 g/mol. The first-order valence-electron chi connectivity index (χ1n) is 5.80. The molecule has 6 heteroatoms. The van der Waals surface area contributed by atoms with E-state index < -0.39 is 12.0 Å². The Bertz CT molecular complexity index is 256. The third-order valence-electron chi connectivity index (χ3n) is 2.65. The first-order valence-corrected chi connectivity index (χ1v) is 5.80. The molecule has 0 heterocycles. The van der Waals surface area contributed by atoms with E-state index in [0.29, 0.717) is 12.6 Å². The molecule has 0 radical (unpaired) electrons. The minimum Gasteiger partial charge on any atom is -0.481 e. The van der Waals surface area contributed by atoms with Gasteiger partial charge in [-0.3, -0.25) is 9.59 Å². The number of hydrogen-bond donors (Lipinski definition) is 3. The van der Waals surface area contributed by atoms with Crippen LogP contribution >= 0.6 is 0 Å². The molecule has 0 aromatic rings. The van der Waals surface area contributed by atoms with E-state index in [1.165, 1.54) is 0 Å². The normalized spacial score (nSPS) is 12.8. The van der Waals surface area contributed by atoms with E-state index in [1.807, 2.05) is 7.05 Å². The van der Waals surface area contributed by atoms with E-state index in [2.05, 4.69) is 24.1 Å². The van der Waals surface area contributed by atoms with Gasteiger partial charge in [-0.05, 0) is 27.3 Å². The lowest BCUT2D eigenvalue weighted by atomic mass is 10.1. The predicted octanol–water partition coefficient (Wildman–Crippen LogP) is -0.365. The molecule has 17 heavy (non-hydrogen) atoms. The summed E-state index contributed by atoms with van der Waals surface area (Å²) >= 11 is 0. The topological polar surface area (TPSA) is 95.7 Å². The number of rotatable bonds is 8. The summed E-state index contributed by atoms with van der Waals surface area (Å²) in [6.07, 6.45) is 0.0850. The third kappa shape index (κ3) is 7.70. The van der Waals surface area contributed by atoms with Crippen LogP contribution < -0.4 is 11.1 Å². The van der Waals surface area contributed by atoms with Gasteiger partial charge >= 0.3 is 5.97 Å². The van der Waals surface area contributed by atoms with Gasteiger partial charge in [0.25, 0.3) is 0 Å². The zero-order chi connectivity index (χ0) is 13.4. The number of nitrogens with zero attached hydrogens (tertiary/aromatic N) is 1. The summed E-state index contributed by atoms with van der Waals surface area (Å²) in [5.74, 6) is -1.23. The molecule has 0 rings (SSSR count). The van der Waals surface area contributed by atoms with Gasteiger partial charge in [0.15, 0.2) is 0 Å². The van der Waals surface area contributed by atoms with E-state index >= 15 is 0 Å². The van der Waals surface area contributed by atoms with E-state index in [-0.39, 0.29) is 18.7 Å². The van der Waals surface area contributed by atoms with Crippen molar-refractivity contribution < 1.29 is 14.7 Å². The number of amides is 1. The van der Waals surface area contributed by atoms with Gasteiger partial charge in [0.05, 0.1) is 6.04 Å². The van der Waals surface area contributed by atoms with Crippen LogP contribution in [0, 0.1) is 0 Å². The molecule has 0 aromatic carbocycles. The van der Waals surface area contributed by atoms with Gasteiger partial charge < -0.3 is 21.1 Å². The zero-order valence-electron chi connectivity index (χ0n) is 10.8. The smallest absolute Gasteiger partial charge is 0.303 e. The molecule has 100 valence electrons. The highest BCUT2D eigenvalue weighted by Crippen LogP contribution is 1.95. The van der Waals surface area contributed by atoms with Gasteiger partial charge in [0.2, 0.25) is 5.91 Å². The van der Waals surface area contributed by atoms with Crippen LogP contribution in [0.1, 0.15) is 26.7 Å². The minimum absolute atomic E-state index is 0.0829. The molecular weight excluding hydrogens is 222 g/mol. The van der Waals surface area contributed by atoms with E-state index in [1.54, 1.807) is 0 Å². The van der Waals surface area contributed by atoms with Crippen LogP contribution in [0.4, 0.5) is 0 Å². The van der Waals surface area contributed by atoms with Crippen molar-refractivity contribution in [1.29, 1.82) is 0 Å². The number of carbonyl (C=O) groups is 2. The summed E-state index contributed by atoms with van der Waals surface area (Å²) in [5.41, 5.74) is 5.55. The first kappa shape index (κ1) is 15.9. The maximum atomic E-state index is 11.5. The molecule has 0 aliphatic heterocycles. The Hall–Kier alpha value is -1.14. The molecule has 1 unspecified atom stereocenters. The lowest BCUT2D eigenvalue weighted by Crippen LogP contribution is -2.44. The van der Waals surface area contributed by atoms with Gasteiger partial charge in [0.1, 0.15) is 0 Å². The molecule has 0 saturated heterocycles. The Kier molecular flexibility index (Phi) is 7.49. The van der Waals surface area contributed by atoms with Crippen molar-refractivity contribution in [3.8, 4) is 0 Å². The molecule has 6 nitrogen and oxygen atoms in total. The summed E-state index contributed by atoms with van der Waals surface area (Å²) < 4.78 is 0. The second-order valence-corrected chi connectivity index (χ2v) is 4.40. The fraction of sp³-hybridized carbons (Fsp3) is 0.818. The van der Waals surface area contributed by atoms with Crippen LogP contribution in [0.15, 0.2) is 0 Å². The maximum Gasteiger partial charge on any atom is 0.303 e. The minimum atomic E-state index is -0.937. The number of nitrogens with two attached hydrogens (primary N) is 1. The molecule has 0 aliphatic rings. The molecule has 0 fully saturated rings. The van der Waals surface area contributed by atoms with Gasteiger partial charge in [-0.15, -0.1) is 0 Å². The van der Waals surface area contributed by atoms with Crippen molar-refractivity contribution in [3.05, 3.63) is 0 Å². The Morgan fingerprint density at radius 2 is 2.00 bits per heavy atom. The average Bonchev–Trinajstić information content (AvgIpc) is 2.25. The number of carboxylic acids is 1. The molecule has 1 atom stereocenters. The second kappa shape index (κ2) is 8.03. The number of aliphatic carboxylic acids is 1. The Morgan fingerprint density at radius 1 is 1.41 bits per heavy atom. The van der Waals surface area contributed by atoms with Crippen LogP contribution in [-0.4, -0.2) is 54.1 Å². The fourth-order valence-corrected chi connectivity index (χ4v) is 1.15. The quantitative estimate of drug-likeness (QED) is 0.542. The van der Waals surface area contributed by atoms with Crippen LogP contribution in [0.2, 0.25) is 0 Å². The molecule has 0 aromatic heterocycles. The van der Waals surface area contributed by atoms with Gasteiger partial charge in [-0.1, -0.05) is 0 Å². The van der Waals surface area contributed by atoms with Crippen molar-refractivity contribution in [2.45, 2.75) is 38.8 Å². The van der Waals surface area contributed by atoms with Crippen molar-refractivity contribution in [1.82, 2.24) is 10.2 Å². The molecule has 0 bridgehead atoms. The summed E-state index contributed by atoms with van der Waals surface area (Å²) in [7, 11) is 1.97. The maximum absolute atomic E-state index is 11.5. The number of hydrogen-bond acceptors (Lipinski definition) is 4. The average molecular weight is 245 g/mol. The van der Waals surface area contributed by atoms with Gasteiger partial charge in [-0.25, -0.2) is 0 Å². The zero-order valence-corrected chi connectivity index (χ0v) is 10.8. The molecule has 0 saturated carbocycles. The first-order chi connectivity index (χ1) is 7.84. The molecular formula is C11H23N3O3. The summed E-state index contributed by atoms with van der Waals surface area (Å²) in [4.78, 5) is 23.9. The predicted molar refractivity (Wildman–Crippen MR) is 65.6 cm³/mol. The lowest BCUT2D eigenvalue weighted by Gasteiger charge is -2.21. The third-order valence-corrected chi connectivity index (χ3v) is 2.65. The Balaban J connectivity index is 3.74.